The topological polar surface area (TPSA) is 43.8 Å². The van der Waals surface area contributed by atoms with Gasteiger partial charge in [-0.25, -0.2) is 4.98 Å². The Morgan fingerprint density at radius 1 is 1.41 bits per heavy atom. The summed E-state index contributed by atoms with van der Waals surface area (Å²) in [5.74, 6) is 1.58. The van der Waals surface area contributed by atoms with E-state index >= 15 is 0 Å². The summed E-state index contributed by atoms with van der Waals surface area (Å²) in [6.45, 7) is 2.88. The molecule has 0 radical (unpaired) electrons. The predicted octanol–water partition coefficient (Wildman–Crippen LogP) is 2.82. The van der Waals surface area contributed by atoms with Gasteiger partial charge in [0, 0.05) is 18.5 Å². The monoisotopic (exact) mass is 229 g/mol. The molecule has 90 valence electrons. The van der Waals surface area contributed by atoms with E-state index in [0.717, 1.165) is 11.9 Å². The van der Waals surface area contributed by atoms with Crippen molar-refractivity contribution in [3.8, 4) is 0 Å². The first-order valence-corrected chi connectivity index (χ1v) is 6.52. The second-order valence-corrected chi connectivity index (χ2v) is 4.90. The normalized spacial score (nSPS) is 17.5. The van der Waals surface area contributed by atoms with Crippen molar-refractivity contribution in [3.05, 3.63) is 30.1 Å². The van der Waals surface area contributed by atoms with Gasteiger partial charge in [-0.15, -0.1) is 0 Å². The van der Waals surface area contributed by atoms with Crippen molar-refractivity contribution in [1.29, 1.82) is 0 Å². The summed E-state index contributed by atoms with van der Waals surface area (Å²) in [6, 6.07) is 9.09. The van der Waals surface area contributed by atoms with E-state index in [1.165, 1.54) is 24.2 Å². The van der Waals surface area contributed by atoms with Crippen LogP contribution in [0.3, 0.4) is 0 Å². The third-order valence-electron chi connectivity index (χ3n) is 3.68. The fourth-order valence-corrected chi connectivity index (χ4v) is 2.52. The fraction of sp³-hybridized carbons (Fsp3) is 0.500. The summed E-state index contributed by atoms with van der Waals surface area (Å²) in [5.41, 5.74) is 8.26. The maximum atomic E-state index is 5.87. The fourth-order valence-electron chi connectivity index (χ4n) is 2.52. The van der Waals surface area contributed by atoms with E-state index in [2.05, 4.69) is 35.8 Å². The molecule has 1 fully saturated rings. The molecule has 1 saturated carbocycles. The number of nitrogens with two attached hydrogens (primary N) is 1. The molecule has 2 N–H and O–H groups in total. The van der Waals surface area contributed by atoms with Crippen LogP contribution >= 0.6 is 0 Å². The summed E-state index contributed by atoms with van der Waals surface area (Å²) < 4.78 is 2.43. The molecule has 0 aliphatic heterocycles. The molecule has 17 heavy (non-hydrogen) atoms. The first-order valence-electron chi connectivity index (χ1n) is 6.52. The molecule has 3 rings (SSSR count). The van der Waals surface area contributed by atoms with Gasteiger partial charge in [-0.1, -0.05) is 19.1 Å². The zero-order chi connectivity index (χ0) is 11.8. The smallest absolute Gasteiger partial charge is 0.114 e. The Hall–Kier alpha value is -1.35. The highest BCUT2D eigenvalue weighted by Crippen LogP contribution is 2.40. The van der Waals surface area contributed by atoms with Gasteiger partial charge in [-0.05, 0) is 31.4 Å². The minimum atomic E-state index is 0.392. The average molecular weight is 229 g/mol. The van der Waals surface area contributed by atoms with Crippen LogP contribution in [0.5, 0.6) is 0 Å². The van der Waals surface area contributed by atoms with E-state index in [0.29, 0.717) is 18.5 Å². The Morgan fingerprint density at radius 3 is 2.82 bits per heavy atom. The minimum absolute atomic E-state index is 0.392. The third-order valence-corrected chi connectivity index (χ3v) is 3.68. The van der Waals surface area contributed by atoms with E-state index in [1.54, 1.807) is 0 Å². The van der Waals surface area contributed by atoms with Gasteiger partial charge in [0.15, 0.2) is 0 Å². The van der Waals surface area contributed by atoms with Crippen molar-refractivity contribution in [1.82, 2.24) is 9.55 Å². The first kappa shape index (κ1) is 10.8. The van der Waals surface area contributed by atoms with Crippen LogP contribution in [0.4, 0.5) is 0 Å². The summed E-state index contributed by atoms with van der Waals surface area (Å²) in [5, 5.41) is 0. The van der Waals surface area contributed by atoms with Gasteiger partial charge < -0.3 is 10.3 Å². The van der Waals surface area contributed by atoms with Crippen molar-refractivity contribution in [2.45, 2.75) is 38.1 Å². The van der Waals surface area contributed by atoms with Gasteiger partial charge in [0.05, 0.1) is 11.0 Å². The molecule has 0 saturated heterocycles. The van der Waals surface area contributed by atoms with Crippen LogP contribution < -0.4 is 5.73 Å². The molecule has 0 amide bonds. The van der Waals surface area contributed by atoms with Crippen molar-refractivity contribution in [2.75, 3.05) is 6.54 Å². The minimum Gasteiger partial charge on any atom is -0.330 e. The maximum Gasteiger partial charge on any atom is 0.114 e. The van der Waals surface area contributed by atoms with Crippen LogP contribution in [-0.4, -0.2) is 16.1 Å². The largest absolute Gasteiger partial charge is 0.330 e. The van der Waals surface area contributed by atoms with Crippen molar-refractivity contribution in [3.63, 3.8) is 0 Å². The Kier molecular flexibility index (Phi) is 2.63. The molecule has 1 aliphatic rings. The Balaban J connectivity index is 2.18. The van der Waals surface area contributed by atoms with Crippen LogP contribution in [-0.2, 0) is 0 Å². The molecular weight excluding hydrogens is 210 g/mol. The summed E-state index contributed by atoms with van der Waals surface area (Å²) in [4.78, 5) is 4.80. The van der Waals surface area contributed by atoms with Crippen LogP contribution in [0.15, 0.2) is 24.3 Å². The van der Waals surface area contributed by atoms with Crippen LogP contribution in [0.25, 0.3) is 11.0 Å². The zero-order valence-electron chi connectivity index (χ0n) is 10.3. The van der Waals surface area contributed by atoms with Crippen molar-refractivity contribution < 1.29 is 0 Å². The lowest BCUT2D eigenvalue weighted by atomic mass is 10.1. The van der Waals surface area contributed by atoms with Crippen LogP contribution in [0.2, 0.25) is 0 Å². The summed E-state index contributed by atoms with van der Waals surface area (Å²) in [6.07, 6.45) is 3.63. The quantitative estimate of drug-likeness (QED) is 0.876. The third kappa shape index (κ3) is 1.75. The highest BCUT2D eigenvalue weighted by Gasteiger charge is 2.29. The number of hydrogen-bond donors (Lipinski definition) is 1. The van der Waals surface area contributed by atoms with E-state index < -0.39 is 0 Å². The zero-order valence-corrected chi connectivity index (χ0v) is 10.3. The molecule has 1 aliphatic carbocycles. The van der Waals surface area contributed by atoms with Gasteiger partial charge in [-0.2, -0.15) is 0 Å². The number of benzene rings is 1. The highest BCUT2D eigenvalue weighted by atomic mass is 15.1. The van der Waals surface area contributed by atoms with E-state index in [4.69, 9.17) is 10.7 Å². The lowest BCUT2D eigenvalue weighted by Crippen LogP contribution is -2.16. The molecule has 0 spiro atoms. The van der Waals surface area contributed by atoms with Crippen molar-refractivity contribution in [2.24, 2.45) is 5.73 Å². The first-order chi connectivity index (χ1) is 8.35. The number of imidazole rings is 1. The van der Waals surface area contributed by atoms with Crippen molar-refractivity contribution >= 4 is 11.0 Å². The second-order valence-electron chi connectivity index (χ2n) is 4.90. The Morgan fingerprint density at radius 2 is 2.18 bits per heavy atom. The molecule has 1 atom stereocenters. The molecule has 2 aromatic rings. The van der Waals surface area contributed by atoms with Crippen LogP contribution in [0.1, 0.15) is 44.0 Å². The molecule has 0 bridgehead atoms. The van der Waals surface area contributed by atoms with Gasteiger partial charge in [0.1, 0.15) is 5.82 Å². The molecule has 1 heterocycles. The SMILES string of the molecule is CCC(CN)c1nc2ccccc2n1C1CC1. The van der Waals surface area contributed by atoms with E-state index in [9.17, 15) is 0 Å². The van der Waals surface area contributed by atoms with Gasteiger partial charge in [0.2, 0.25) is 0 Å². The van der Waals surface area contributed by atoms with Crippen LogP contribution in [0, 0.1) is 0 Å². The predicted molar refractivity (Wildman–Crippen MR) is 70.1 cm³/mol. The Bertz CT molecular complexity index is 521. The van der Waals surface area contributed by atoms with Gasteiger partial charge >= 0.3 is 0 Å². The number of aromatic nitrogens is 2. The molecule has 1 aromatic heterocycles. The number of para-hydroxylation sites is 2. The highest BCUT2D eigenvalue weighted by molar-refractivity contribution is 5.76. The maximum absolute atomic E-state index is 5.87. The number of rotatable bonds is 4. The lowest BCUT2D eigenvalue weighted by Gasteiger charge is -2.14. The standard InChI is InChI=1S/C14H19N3/c1-2-10(9-15)14-16-12-5-3-4-6-13(12)17(14)11-7-8-11/h3-6,10-11H,2,7-9,15H2,1H3. The molecule has 1 unspecified atom stereocenters. The second kappa shape index (κ2) is 4.15. The molecule has 3 heteroatoms. The Labute approximate surface area is 102 Å². The van der Waals surface area contributed by atoms with Gasteiger partial charge in [-0.3, -0.25) is 0 Å². The number of fused-ring (bicyclic) bond motifs is 1. The number of nitrogens with zero attached hydrogens (tertiary/aromatic N) is 2. The molecular formula is C14H19N3. The lowest BCUT2D eigenvalue weighted by molar-refractivity contribution is 0.580. The van der Waals surface area contributed by atoms with Gasteiger partial charge in [0.25, 0.3) is 0 Å². The van der Waals surface area contributed by atoms with E-state index in [-0.39, 0.29) is 0 Å². The molecule has 3 nitrogen and oxygen atoms in total. The summed E-state index contributed by atoms with van der Waals surface area (Å²) >= 11 is 0. The number of hydrogen-bond acceptors (Lipinski definition) is 2. The van der Waals surface area contributed by atoms with E-state index in [1.807, 2.05) is 0 Å². The molecule has 1 aromatic carbocycles. The average Bonchev–Trinajstić information content (AvgIpc) is 3.12. The summed E-state index contributed by atoms with van der Waals surface area (Å²) in [7, 11) is 0.